The van der Waals surface area contributed by atoms with E-state index in [0.717, 1.165) is 16.9 Å². The lowest BCUT2D eigenvalue weighted by atomic mass is 10.0. The van der Waals surface area contributed by atoms with Crippen molar-refractivity contribution in [2.24, 2.45) is 0 Å². The Kier molecular flexibility index (Phi) is 3.07. The maximum Gasteiger partial charge on any atom is 0.231 e. The Hall–Kier alpha value is -0.870. The van der Waals surface area contributed by atoms with Gasteiger partial charge in [0.15, 0.2) is 11.5 Å². The summed E-state index contributed by atoms with van der Waals surface area (Å²) in [5, 5.41) is 9.89. The smallest absolute Gasteiger partial charge is 0.231 e. The van der Waals surface area contributed by atoms with Gasteiger partial charge < -0.3 is 14.6 Å². The Balaban J connectivity index is 2.31. The van der Waals surface area contributed by atoms with E-state index in [4.69, 9.17) is 9.47 Å². The van der Waals surface area contributed by atoms with Gasteiger partial charge in [-0.2, -0.15) is 12.6 Å². The largest absolute Gasteiger partial charge is 0.454 e. The fourth-order valence-corrected chi connectivity index (χ4v) is 1.94. The molecule has 1 aromatic rings. The zero-order valence-corrected chi connectivity index (χ0v) is 9.46. The lowest BCUT2D eigenvalue weighted by Crippen LogP contribution is -2.00. The van der Waals surface area contributed by atoms with Gasteiger partial charge in [0.25, 0.3) is 0 Å². The van der Waals surface area contributed by atoms with Gasteiger partial charge in [-0.1, -0.05) is 0 Å². The predicted molar refractivity (Wildman–Crippen MR) is 60.7 cm³/mol. The van der Waals surface area contributed by atoms with Gasteiger partial charge in [0.05, 0.1) is 6.10 Å². The third-order valence-corrected chi connectivity index (χ3v) is 2.78. The summed E-state index contributed by atoms with van der Waals surface area (Å²) in [6, 6.07) is 3.76. The van der Waals surface area contributed by atoms with Gasteiger partial charge in [0.1, 0.15) is 0 Å². The Labute approximate surface area is 94.4 Å². The molecule has 1 aliphatic rings. The summed E-state index contributed by atoms with van der Waals surface area (Å²) in [6.07, 6.45) is 0.167. The number of aliphatic hydroxyl groups excluding tert-OH is 1. The van der Waals surface area contributed by atoms with Crippen LogP contribution in [-0.2, 0) is 0 Å². The second-order valence-corrected chi connectivity index (χ2v) is 4.04. The molecule has 0 radical (unpaired) electrons. The standard InChI is InChI=1S/C11H14O3S/c1-7-4-10-11(14-6-13-10)5-8(7)9(12)2-3-15/h4-5,9,12,15H,2-3,6H2,1H3. The summed E-state index contributed by atoms with van der Waals surface area (Å²) in [7, 11) is 0. The van der Waals surface area contributed by atoms with Gasteiger partial charge in [-0.3, -0.25) is 0 Å². The first-order chi connectivity index (χ1) is 7.22. The number of hydrogen-bond acceptors (Lipinski definition) is 4. The molecule has 0 fully saturated rings. The van der Waals surface area contributed by atoms with Crippen LogP contribution in [0.4, 0.5) is 0 Å². The Morgan fingerprint density at radius 1 is 1.40 bits per heavy atom. The van der Waals surface area contributed by atoms with E-state index in [1.807, 2.05) is 19.1 Å². The summed E-state index contributed by atoms with van der Waals surface area (Å²) in [5.41, 5.74) is 1.92. The third kappa shape index (κ3) is 2.06. The number of aliphatic hydroxyl groups is 1. The molecule has 0 amide bonds. The maximum absolute atomic E-state index is 9.89. The molecule has 1 aliphatic heterocycles. The molecule has 0 aliphatic carbocycles. The summed E-state index contributed by atoms with van der Waals surface area (Å²) >= 11 is 4.11. The van der Waals surface area contributed by atoms with Crippen molar-refractivity contribution in [2.45, 2.75) is 19.4 Å². The number of thiol groups is 1. The molecule has 4 heteroatoms. The van der Waals surface area contributed by atoms with E-state index in [1.54, 1.807) is 0 Å². The number of rotatable bonds is 3. The van der Waals surface area contributed by atoms with E-state index in [0.29, 0.717) is 17.9 Å². The fourth-order valence-electron chi connectivity index (χ4n) is 1.70. The van der Waals surface area contributed by atoms with Gasteiger partial charge in [0.2, 0.25) is 6.79 Å². The van der Waals surface area contributed by atoms with Crippen LogP contribution in [0.2, 0.25) is 0 Å². The predicted octanol–water partition coefficient (Wildman–Crippen LogP) is 2.08. The van der Waals surface area contributed by atoms with Crippen LogP contribution in [0.5, 0.6) is 11.5 Å². The first kappa shape index (κ1) is 10.6. The van der Waals surface area contributed by atoms with Crippen molar-refractivity contribution in [2.75, 3.05) is 12.5 Å². The van der Waals surface area contributed by atoms with Crippen LogP contribution >= 0.6 is 12.6 Å². The average Bonchev–Trinajstić information content (AvgIpc) is 2.63. The summed E-state index contributed by atoms with van der Waals surface area (Å²) in [4.78, 5) is 0. The Bertz CT molecular complexity index is 365. The number of hydrogen-bond donors (Lipinski definition) is 2. The number of ether oxygens (including phenoxy) is 2. The normalized spacial score (nSPS) is 15.4. The van der Waals surface area contributed by atoms with Crippen LogP contribution in [0.3, 0.4) is 0 Å². The highest BCUT2D eigenvalue weighted by Crippen LogP contribution is 2.37. The molecule has 1 atom stereocenters. The number of fused-ring (bicyclic) bond motifs is 1. The van der Waals surface area contributed by atoms with Gasteiger partial charge in [0, 0.05) is 0 Å². The molecule has 1 N–H and O–H groups in total. The molecule has 15 heavy (non-hydrogen) atoms. The topological polar surface area (TPSA) is 38.7 Å². The van der Waals surface area contributed by atoms with Crippen molar-refractivity contribution in [1.82, 2.24) is 0 Å². The lowest BCUT2D eigenvalue weighted by molar-refractivity contribution is 0.170. The number of aryl methyl sites for hydroxylation is 1. The van der Waals surface area contributed by atoms with Crippen molar-refractivity contribution in [1.29, 1.82) is 0 Å². The average molecular weight is 226 g/mol. The lowest BCUT2D eigenvalue weighted by Gasteiger charge is -2.13. The van der Waals surface area contributed by atoms with E-state index < -0.39 is 6.10 Å². The van der Waals surface area contributed by atoms with Crippen molar-refractivity contribution >= 4 is 12.6 Å². The molecule has 0 bridgehead atoms. The molecule has 1 aromatic carbocycles. The minimum Gasteiger partial charge on any atom is -0.454 e. The Morgan fingerprint density at radius 3 is 2.73 bits per heavy atom. The van der Waals surface area contributed by atoms with Crippen molar-refractivity contribution in [3.63, 3.8) is 0 Å². The fraction of sp³-hybridized carbons (Fsp3) is 0.455. The summed E-state index contributed by atoms with van der Waals surface area (Å²) in [5.74, 6) is 2.14. The van der Waals surface area contributed by atoms with Gasteiger partial charge >= 0.3 is 0 Å². The first-order valence-corrected chi connectivity index (χ1v) is 5.54. The SMILES string of the molecule is Cc1cc2c(cc1C(O)CCS)OCO2. The molecular weight excluding hydrogens is 212 g/mol. The van der Waals surface area contributed by atoms with Crippen molar-refractivity contribution in [3.8, 4) is 11.5 Å². The molecular formula is C11H14O3S. The minimum atomic E-state index is -0.475. The second kappa shape index (κ2) is 4.33. The zero-order chi connectivity index (χ0) is 10.8. The van der Waals surface area contributed by atoms with Gasteiger partial charge in [-0.05, 0) is 42.4 Å². The Morgan fingerprint density at radius 2 is 2.07 bits per heavy atom. The monoisotopic (exact) mass is 226 g/mol. The van der Waals surface area contributed by atoms with Crippen LogP contribution < -0.4 is 9.47 Å². The van der Waals surface area contributed by atoms with Crippen LogP contribution in [-0.4, -0.2) is 17.7 Å². The van der Waals surface area contributed by atoms with Gasteiger partial charge in [-0.15, -0.1) is 0 Å². The summed E-state index contributed by atoms with van der Waals surface area (Å²) in [6.45, 7) is 2.22. The summed E-state index contributed by atoms with van der Waals surface area (Å²) < 4.78 is 10.5. The minimum absolute atomic E-state index is 0.265. The van der Waals surface area contributed by atoms with Crippen LogP contribution in [0.15, 0.2) is 12.1 Å². The third-order valence-electron chi connectivity index (χ3n) is 2.52. The van der Waals surface area contributed by atoms with Crippen molar-refractivity contribution in [3.05, 3.63) is 23.3 Å². The van der Waals surface area contributed by atoms with E-state index in [1.165, 1.54) is 0 Å². The first-order valence-electron chi connectivity index (χ1n) is 4.91. The molecule has 1 unspecified atom stereocenters. The maximum atomic E-state index is 9.89. The molecule has 82 valence electrons. The number of benzene rings is 1. The molecule has 0 saturated carbocycles. The van der Waals surface area contributed by atoms with Crippen LogP contribution in [0.25, 0.3) is 0 Å². The zero-order valence-electron chi connectivity index (χ0n) is 8.56. The van der Waals surface area contributed by atoms with Crippen LogP contribution in [0, 0.1) is 6.92 Å². The molecule has 3 nitrogen and oxygen atoms in total. The second-order valence-electron chi connectivity index (χ2n) is 3.59. The molecule has 1 heterocycles. The van der Waals surface area contributed by atoms with Crippen molar-refractivity contribution < 1.29 is 14.6 Å². The van der Waals surface area contributed by atoms with E-state index in [-0.39, 0.29) is 6.79 Å². The quantitative estimate of drug-likeness (QED) is 0.775. The highest BCUT2D eigenvalue weighted by atomic mass is 32.1. The molecule has 0 spiro atoms. The van der Waals surface area contributed by atoms with E-state index in [9.17, 15) is 5.11 Å². The molecule has 2 rings (SSSR count). The van der Waals surface area contributed by atoms with Crippen LogP contribution in [0.1, 0.15) is 23.7 Å². The van der Waals surface area contributed by atoms with Gasteiger partial charge in [-0.25, -0.2) is 0 Å². The molecule has 0 aromatic heterocycles. The highest BCUT2D eigenvalue weighted by Gasteiger charge is 2.18. The van der Waals surface area contributed by atoms with E-state index in [2.05, 4.69) is 12.6 Å². The molecule has 0 saturated heterocycles. The van der Waals surface area contributed by atoms with E-state index >= 15 is 0 Å². The highest BCUT2D eigenvalue weighted by molar-refractivity contribution is 7.80.